The molecule has 24 heavy (non-hydrogen) atoms. The van der Waals surface area contributed by atoms with Crippen molar-refractivity contribution in [1.29, 1.82) is 0 Å². The van der Waals surface area contributed by atoms with Crippen LogP contribution in [0.25, 0.3) is 0 Å². The molecule has 2 atom stereocenters. The maximum absolute atomic E-state index is 12.3. The van der Waals surface area contributed by atoms with Crippen LogP contribution in [-0.2, 0) is 25.7 Å². The largest absolute Gasteiger partial charge is 0.494 e. The third kappa shape index (κ3) is 2.58. The Kier molecular flexibility index (Phi) is 3.94. The minimum absolute atomic E-state index is 0.0488. The number of carbonyl (C=O) groups excluding carboxylic acids is 2. The minimum Gasteiger partial charge on any atom is -0.494 e. The Bertz CT molecular complexity index is 742. The van der Waals surface area contributed by atoms with Gasteiger partial charge in [-0.05, 0) is 24.6 Å². The number of hydrogen-bond donors (Lipinski definition) is 1. The normalized spacial score (nSPS) is 22.4. The first-order valence-electron chi connectivity index (χ1n) is 7.23. The number of ether oxygens (including phenoxy) is 2. The molecule has 1 aromatic carbocycles. The molecule has 0 aromatic heterocycles. The van der Waals surface area contributed by atoms with Crippen molar-refractivity contribution in [2.24, 2.45) is 5.73 Å². The van der Waals surface area contributed by atoms with Crippen LogP contribution in [0, 0.1) is 10.1 Å². The summed E-state index contributed by atoms with van der Waals surface area (Å²) in [6.07, 6.45) is 0. The van der Waals surface area contributed by atoms with Crippen molar-refractivity contribution in [3.63, 3.8) is 0 Å². The highest BCUT2D eigenvalue weighted by atomic mass is 16.6. The molecule has 0 aliphatic carbocycles. The number of hydrogen-bond acceptors (Lipinski definition) is 7. The first-order valence-corrected chi connectivity index (χ1v) is 7.23. The van der Waals surface area contributed by atoms with Gasteiger partial charge in [-0.2, -0.15) is 0 Å². The number of non-ortho nitro benzene ring substituents is 1. The number of nitro groups is 1. The topological polar surface area (TPSA) is 125 Å². The second kappa shape index (κ2) is 5.93. The van der Waals surface area contributed by atoms with Crippen molar-refractivity contribution in [2.45, 2.75) is 25.6 Å². The van der Waals surface area contributed by atoms with Crippen LogP contribution in [0.1, 0.15) is 12.5 Å². The highest BCUT2D eigenvalue weighted by Crippen LogP contribution is 2.32. The Morgan fingerprint density at radius 2 is 2.12 bits per heavy atom. The van der Waals surface area contributed by atoms with Gasteiger partial charge in [0.1, 0.15) is 25.0 Å². The molecule has 2 N–H and O–H groups in total. The molecule has 3 rings (SSSR count). The number of benzene rings is 1. The van der Waals surface area contributed by atoms with Gasteiger partial charge in [0.05, 0.1) is 11.0 Å². The molecule has 9 heteroatoms. The summed E-state index contributed by atoms with van der Waals surface area (Å²) in [5, 5.41) is 10.6. The van der Waals surface area contributed by atoms with E-state index in [1.807, 2.05) is 0 Å². The SMILES string of the molecule is CC1=C(C(=O)OCc2ccc([N+](=O)[O-])cc2)N2C(=O)[C@@H](N)[C@H]2CO1. The summed E-state index contributed by atoms with van der Waals surface area (Å²) in [6.45, 7) is 1.75. The Labute approximate surface area is 136 Å². The fraction of sp³-hybridized carbons (Fsp3) is 0.333. The summed E-state index contributed by atoms with van der Waals surface area (Å²) >= 11 is 0. The standard InChI is InChI=1S/C15H15N3O6/c1-8-13(17-11(7-23-8)12(16)14(17)19)15(20)24-6-9-2-4-10(5-3-9)18(21)22/h2-5,11-12H,6-7,16H2,1H3/t11-,12+/m1/s1. The van der Waals surface area contributed by atoms with E-state index in [4.69, 9.17) is 15.2 Å². The summed E-state index contributed by atoms with van der Waals surface area (Å²) in [5.74, 6) is -0.735. The number of esters is 1. The molecule has 2 aliphatic rings. The van der Waals surface area contributed by atoms with E-state index in [1.54, 1.807) is 6.92 Å². The lowest BCUT2D eigenvalue weighted by molar-refractivity contribution is -0.384. The molecule has 1 amide bonds. The van der Waals surface area contributed by atoms with Crippen molar-refractivity contribution in [3.8, 4) is 0 Å². The fourth-order valence-corrected chi connectivity index (χ4v) is 2.64. The van der Waals surface area contributed by atoms with E-state index in [0.717, 1.165) is 0 Å². The second-order valence-corrected chi connectivity index (χ2v) is 5.52. The number of rotatable bonds is 4. The molecule has 2 heterocycles. The molecule has 2 aliphatic heterocycles. The molecule has 0 radical (unpaired) electrons. The summed E-state index contributed by atoms with van der Waals surface area (Å²) in [5.41, 5.74) is 6.28. The van der Waals surface area contributed by atoms with E-state index in [1.165, 1.54) is 29.2 Å². The van der Waals surface area contributed by atoms with Crippen LogP contribution in [0.4, 0.5) is 5.69 Å². The maximum Gasteiger partial charge on any atom is 0.358 e. The van der Waals surface area contributed by atoms with E-state index in [-0.39, 0.29) is 36.5 Å². The van der Waals surface area contributed by atoms with Gasteiger partial charge in [0.15, 0.2) is 5.70 Å². The Balaban J connectivity index is 1.68. The molecular formula is C15H15N3O6. The number of allylic oxidation sites excluding steroid dienone is 1. The average molecular weight is 333 g/mol. The monoisotopic (exact) mass is 333 g/mol. The summed E-state index contributed by atoms with van der Waals surface area (Å²) in [4.78, 5) is 35.6. The van der Waals surface area contributed by atoms with Gasteiger partial charge in [-0.1, -0.05) is 0 Å². The van der Waals surface area contributed by atoms with E-state index < -0.39 is 16.9 Å². The third-order valence-electron chi connectivity index (χ3n) is 4.02. The molecule has 126 valence electrons. The number of nitrogens with zero attached hydrogens (tertiary/aromatic N) is 2. The lowest BCUT2D eigenvalue weighted by atomic mass is 9.94. The smallest absolute Gasteiger partial charge is 0.358 e. The maximum atomic E-state index is 12.3. The first-order chi connectivity index (χ1) is 11.4. The predicted octanol–water partition coefficient (Wildman–Crippen LogP) is 0.438. The van der Waals surface area contributed by atoms with Crippen molar-refractivity contribution < 1.29 is 24.0 Å². The van der Waals surface area contributed by atoms with Crippen LogP contribution in [0.3, 0.4) is 0 Å². The lowest BCUT2D eigenvalue weighted by Gasteiger charge is -2.48. The number of nitrogens with two attached hydrogens (primary N) is 1. The van der Waals surface area contributed by atoms with Crippen molar-refractivity contribution >= 4 is 17.6 Å². The van der Waals surface area contributed by atoms with Gasteiger partial charge in [-0.3, -0.25) is 19.8 Å². The number of β-lactam (4-membered cyclic amide) rings is 1. The van der Waals surface area contributed by atoms with Crippen molar-refractivity contribution in [3.05, 3.63) is 51.4 Å². The molecule has 1 saturated heterocycles. The van der Waals surface area contributed by atoms with Gasteiger partial charge in [0, 0.05) is 12.1 Å². The first kappa shape index (κ1) is 15.9. The van der Waals surface area contributed by atoms with Gasteiger partial charge >= 0.3 is 5.97 Å². The molecule has 9 nitrogen and oxygen atoms in total. The van der Waals surface area contributed by atoms with Crippen molar-refractivity contribution in [1.82, 2.24) is 4.90 Å². The summed E-state index contributed by atoms with van der Waals surface area (Å²) < 4.78 is 10.6. The summed E-state index contributed by atoms with van der Waals surface area (Å²) in [7, 11) is 0. The molecular weight excluding hydrogens is 318 g/mol. The highest BCUT2D eigenvalue weighted by molar-refractivity contribution is 6.00. The third-order valence-corrected chi connectivity index (χ3v) is 4.02. The zero-order valence-electron chi connectivity index (χ0n) is 12.8. The molecule has 0 spiro atoms. The number of fused-ring (bicyclic) bond motifs is 1. The van der Waals surface area contributed by atoms with Crippen LogP contribution in [0.2, 0.25) is 0 Å². The van der Waals surface area contributed by atoms with Gasteiger partial charge in [0.25, 0.3) is 5.69 Å². The van der Waals surface area contributed by atoms with E-state index in [9.17, 15) is 19.7 Å². The van der Waals surface area contributed by atoms with E-state index >= 15 is 0 Å². The van der Waals surface area contributed by atoms with Crippen LogP contribution >= 0.6 is 0 Å². The second-order valence-electron chi connectivity index (χ2n) is 5.52. The Hall–Kier alpha value is -2.94. The lowest BCUT2D eigenvalue weighted by Crippen LogP contribution is -2.71. The van der Waals surface area contributed by atoms with Gasteiger partial charge in [-0.15, -0.1) is 0 Å². The molecule has 0 bridgehead atoms. The minimum atomic E-state index is -0.698. The van der Waals surface area contributed by atoms with Gasteiger partial charge < -0.3 is 15.2 Å². The van der Waals surface area contributed by atoms with Crippen LogP contribution in [0.5, 0.6) is 0 Å². The molecule has 1 aromatic rings. The van der Waals surface area contributed by atoms with Crippen LogP contribution in [0.15, 0.2) is 35.7 Å². The number of nitro benzene ring substituents is 1. The van der Waals surface area contributed by atoms with Crippen LogP contribution in [-0.4, -0.2) is 40.4 Å². The van der Waals surface area contributed by atoms with Crippen LogP contribution < -0.4 is 5.73 Å². The number of carbonyl (C=O) groups is 2. The highest BCUT2D eigenvalue weighted by Gasteiger charge is 2.52. The quantitative estimate of drug-likeness (QED) is 0.367. The van der Waals surface area contributed by atoms with Gasteiger partial charge in [0.2, 0.25) is 5.91 Å². The molecule has 0 saturated carbocycles. The summed E-state index contributed by atoms with van der Waals surface area (Å²) in [6, 6.07) is 4.62. The average Bonchev–Trinajstić information content (AvgIpc) is 2.59. The van der Waals surface area contributed by atoms with E-state index in [0.29, 0.717) is 11.3 Å². The Morgan fingerprint density at radius 3 is 2.75 bits per heavy atom. The molecule has 1 fully saturated rings. The molecule has 0 unspecified atom stereocenters. The zero-order valence-corrected chi connectivity index (χ0v) is 12.8. The zero-order chi connectivity index (χ0) is 17.4. The van der Waals surface area contributed by atoms with Crippen molar-refractivity contribution in [2.75, 3.05) is 6.61 Å². The Morgan fingerprint density at radius 1 is 1.46 bits per heavy atom. The van der Waals surface area contributed by atoms with Gasteiger partial charge in [-0.25, -0.2) is 4.79 Å². The number of amides is 1. The predicted molar refractivity (Wildman–Crippen MR) is 80.2 cm³/mol. The van der Waals surface area contributed by atoms with E-state index in [2.05, 4.69) is 0 Å². The fourth-order valence-electron chi connectivity index (χ4n) is 2.64.